The first-order chi connectivity index (χ1) is 5.41. The van der Waals surface area contributed by atoms with Gasteiger partial charge >= 0.3 is 0 Å². The molecule has 1 aromatic carbocycles. The normalized spacial score (nSPS) is 6.64. The van der Waals surface area contributed by atoms with Crippen molar-refractivity contribution in [1.82, 2.24) is 0 Å². The Kier molecular flexibility index (Phi) is 39.7. The Morgan fingerprint density at radius 3 is 1.36 bits per heavy atom. The molecule has 1 radical (unpaired) electrons. The molecule has 0 aliphatic rings. The van der Waals surface area contributed by atoms with Crippen molar-refractivity contribution < 1.29 is 51.1 Å². The van der Waals surface area contributed by atoms with Crippen molar-refractivity contribution in [3.05, 3.63) is 61.2 Å². The third-order valence-corrected chi connectivity index (χ3v) is 0.995. The minimum Gasteiger partial charge on any atom is -0.0991 e. The van der Waals surface area contributed by atoms with Crippen LogP contribution >= 0.6 is 0 Å². The average molecular weight is 453 g/mol. The van der Waals surface area contributed by atoms with Crippen LogP contribution in [0.3, 0.4) is 0 Å². The second kappa shape index (κ2) is 23.3. The van der Waals surface area contributed by atoms with E-state index in [2.05, 4.69) is 6.58 Å². The molecular weight excluding hydrogens is 433 g/mol. The van der Waals surface area contributed by atoms with E-state index >= 15 is 0 Å². The molecule has 0 fully saturated rings. The Morgan fingerprint density at radius 2 is 1.29 bits per heavy atom. The number of rotatable bonds is 1. The van der Waals surface area contributed by atoms with Gasteiger partial charge in [0.15, 0.2) is 0 Å². The summed E-state index contributed by atoms with van der Waals surface area (Å²) < 4.78 is 0. The van der Waals surface area contributed by atoms with Crippen LogP contribution in [0.5, 0.6) is 0 Å². The van der Waals surface area contributed by atoms with Gasteiger partial charge in [0.1, 0.15) is 0 Å². The molecule has 0 aliphatic carbocycles. The molecule has 0 heterocycles. The summed E-state index contributed by atoms with van der Waals surface area (Å²) in [5, 5.41) is 0. The van der Waals surface area contributed by atoms with E-state index in [0.29, 0.717) is 0 Å². The molecule has 0 saturated heterocycles. The van der Waals surface area contributed by atoms with Gasteiger partial charge in [-0.05, 0) is 6.92 Å². The summed E-state index contributed by atoms with van der Waals surface area (Å²) in [5.74, 6) is 0. The molecule has 0 amide bonds. The number of hydrogen-bond donors (Lipinski definition) is 0. The first-order valence-corrected chi connectivity index (χ1v) is 3.65. The molecule has 14 heavy (non-hydrogen) atoms. The van der Waals surface area contributed by atoms with Gasteiger partial charge in [-0.3, -0.25) is 0 Å². The first-order valence-electron chi connectivity index (χ1n) is 3.65. The minimum absolute atomic E-state index is 0. The molecule has 1 rings (SSSR count). The summed E-state index contributed by atoms with van der Waals surface area (Å²) in [6.45, 7) is 5.42. The van der Waals surface area contributed by atoms with Gasteiger partial charge < -0.3 is 0 Å². The zero-order valence-corrected chi connectivity index (χ0v) is 13.4. The Balaban J connectivity index is -0.0000000356. The van der Waals surface area contributed by atoms with E-state index < -0.39 is 0 Å². The van der Waals surface area contributed by atoms with Gasteiger partial charge in [-0.1, -0.05) is 68.6 Å². The van der Waals surface area contributed by atoms with Gasteiger partial charge in [-0.25, -0.2) is 0 Å². The molecule has 0 aliphatic heterocycles. The van der Waals surface area contributed by atoms with Crippen molar-refractivity contribution in [3.63, 3.8) is 0 Å². The van der Waals surface area contributed by atoms with E-state index in [0.717, 1.165) is 0 Å². The van der Waals surface area contributed by atoms with Crippen molar-refractivity contribution in [2.45, 2.75) is 14.4 Å². The van der Waals surface area contributed by atoms with E-state index in [9.17, 15) is 0 Å². The van der Waals surface area contributed by atoms with Crippen molar-refractivity contribution in [2.75, 3.05) is 0 Å². The molecule has 0 unspecified atom stereocenters. The van der Waals surface area contributed by atoms with E-state index in [1.807, 2.05) is 55.5 Å². The Morgan fingerprint density at radius 1 is 1.00 bits per heavy atom. The molecule has 0 spiro atoms. The summed E-state index contributed by atoms with van der Waals surface area (Å²) >= 11 is 0. The van der Waals surface area contributed by atoms with Crippen molar-refractivity contribution in [1.29, 1.82) is 0 Å². The zero-order valence-electron chi connectivity index (χ0n) is 7.85. The fourth-order valence-electron chi connectivity index (χ4n) is 0.521. The zero-order chi connectivity index (χ0) is 8.36. The fraction of sp³-hybridized carbons (Fsp3) is 0.167. The van der Waals surface area contributed by atoms with Crippen LogP contribution in [-0.4, -0.2) is 0 Å². The van der Waals surface area contributed by atoms with Crippen LogP contribution in [0.15, 0.2) is 61.2 Å². The Bertz CT molecular complexity index is 173. The van der Waals surface area contributed by atoms with Crippen LogP contribution in [0.25, 0.3) is 0 Å². The fourth-order valence-corrected chi connectivity index (χ4v) is 0.521. The van der Waals surface area contributed by atoms with E-state index in [4.69, 9.17) is 0 Å². The second-order valence-corrected chi connectivity index (χ2v) is 1.92. The van der Waals surface area contributed by atoms with Gasteiger partial charge in [-0.2, -0.15) is 0 Å². The monoisotopic (exact) mass is 453 g/mol. The maximum absolute atomic E-state index is 3.46. The summed E-state index contributed by atoms with van der Waals surface area (Å²) in [7, 11) is 0. The summed E-state index contributed by atoms with van der Waals surface area (Å²) in [5.41, 5.74) is 0. The summed E-state index contributed by atoms with van der Waals surface area (Å²) in [4.78, 5) is 0. The van der Waals surface area contributed by atoms with E-state index in [1.165, 1.54) is 0 Å². The third kappa shape index (κ3) is 22.8. The van der Waals surface area contributed by atoms with Crippen LogP contribution in [0.2, 0.25) is 0 Å². The van der Waals surface area contributed by atoms with Gasteiger partial charge in [0, 0.05) is 51.1 Å². The number of benzene rings is 1. The molecule has 0 N–H and O–H groups in total. The Hall–Kier alpha value is 0.336. The molecule has 1 aromatic rings. The second-order valence-electron chi connectivity index (χ2n) is 1.92. The van der Waals surface area contributed by atoms with Crippen LogP contribution in [0.4, 0.5) is 0 Å². The number of allylic oxidation sites excluding steroid dienone is 3. The molecule has 0 saturated carbocycles. The van der Waals surface area contributed by atoms with Crippen LogP contribution in [0.1, 0.15) is 15.8 Å². The van der Waals surface area contributed by atoms with Crippen LogP contribution < -0.4 is 0 Å². The number of hydrogen-bond acceptors (Lipinski definition) is 0. The van der Waals surface area contributed by atoms with Gasteiger partial charge in [0.2, 0.25) is 0 Å². The van der Waals surface area contributed by atoms with Crippen molar-refractivity contribution in [3.8, 4) is 0 Å². The van der Waals surface area contributed by atoms with Gasteiger partial charge in [-0.15, -0.1) is 0 Å². The quantitative estimate of drug-likeness (QED) is 0.556. The van der Waals surface area contributed by atoms with E-state index in [1.54, 1.807) is 6.08 Å². The predicted molar refractivity (Wildman–Crippen MR) is 60.3 cm³/mol. The molecule has 2 heteroatoms. The van der Waals surface area contributed by atoms with Gasteiger partial charge in [0.05, 0.1) is 0 Å². The summed E-state index contributed by atoms with van der Waals surface area (Å²) in [6.07, 6.45) is 5.58. The molecule has 0 aromatic heterocycles. The predicted octanol–water partition coefficient (Wildman–Crippen LogP) is 4.31. The largest absolute Gasteiger partial charge is 0.0991 e. The van der Waals surface area contributed by atoms with Gasteiger partial charge in [0.25, 0.3) is 0 Å². The maximum atomic E-state index is 3.46. The molecular formula is C12H20UV. The average Bonchev–Trinajstić information content (AvgIpc) is 2.10. The topological polar surface area (TPSA) is 0 Å². The molecule has 77 valence electrons. The standard InChI is InChI=1S/C6H6.C5H8.CH4.U.V.H2/c1-2-4-6-5-3-1;1-3-5-4-2;;;;/h1-6H;3-5H,1H2,2H3;1H4;;;1H/b;5-4-;;;;. The Labute approximate surface area is 126 Å². The maximum Gasteiger partial charge on any atom is 0 e. The van der Waals surface area contributed by atoms with Crippen LogP contribution in [0, 0.1) is 31.1 Å². The summed E-state index contributed by atoms with van der Waals surface area (Å²) in [6, 6.07) is 12.0. The SMILES string of the molecule is C.C=C/C=C\C.[HH].[U].[V].c1ccccc1. The third-order valence-electron chi connectivity index (χ3n) is 0.995. The van der Waals surface area contributed by atoms with Crippen molar-refractivity contribution >= 4 is 0 Å². The smallest absolute Gasteiger partial charge is 0 e. The first kappa shape index (κ1) is 23.9. The minimum atomic E-state index is 0. The van der Waals surface area contributed by atoms with E-state index in [-0.39, 0.29) is 58.5 Å². The molecule has 0 nitrogen and oxygen atoms in total. The molecule has 0 bridgehead atoms. The van der Waals surface area contributed by atoms with Crippen LogP contribution in [-0.2, 0) is 18.6 Å². The van der Waals surface area contributed by atoms with Crippen molar-refractivity contribution in [2.24, 2.45) is 0 Å². The molecule has 0 atom stereocenters.